The molecular weight excluding hydrogens is 310 g/mol. The molecule has 0 unspecified atom stereocenters. The Morgan fingerprint density at radius 1 is 1.32 bits per heavy atom. The molecule has 0 fully saturated rings. The third-order valence-corrected chi connectivity index (χ3v) is 3.43. The summed E-state index contributed by atoms with van der Waals surface area (Å²) in [7, 11) is 1.39. The average Bonchev–Trinajstić information content (AvgIpc) is 2.45. The molecule has 0 spiro atoms. The van der Waals surface area contributed by atoms with Gasteiger partial charge in [0.15, 0.2) is 0 Å². The Balaban J connectivity index is 2.05. The van der Waals surface area contributed by atoms with E-state index in [9.17, 15) is 4.79 Å². The van der Waals surface area contributed by atoms with E-state index in [1.54, 1.807) is 12.4 Å². The molecule has 0 amide bonds. The molecule has 0 bridgehead atoms. The molecule has 5 heteroatoms. The van der Waals surface area contributed by atoms with Gasteiger partial charge in [-0.2, -0.15) is 0 Å². The van der Waals surface area contributed by atoms with E-state index in [4.69, 9.17) is 4.74 Å². The molecule has 0 aliphatic heterocycles. The van der Waals surface area contributed by atoms with Crippen LogP contribution in [0.3, 0.4) is 0 Å². The number of hydrogen-bond acceptors (Lipinski definition) is 4. The molecule has 4 nitrogen and oxygen atoms in total. The normalized spacial score (nSPS) is 10.4. The molecule has 1 aromatic carbocycles. The van der Waals surface area contributed by atoms with Gasteiger partial charge in [0.05, 0.1) is 13.7 Å². The summed E-state index contributed by atoms with van der Waals surface area (Å²) in [6, 6.07) is 5.77. The molecule has 2 rings (SSSR count). The van der Waals surface area contributed by atoms with E-state index in [0.29, 0.717) is 19.4 Å². The first-order valence-electron chi connectivity index (χ1n) is 5.94. The lowest BCUT2D eigenvalue weighted by molar-refractivity contribution is -0.140. The number of rotatable bonds is 5. The molecule has 0 saturated carbocycles. The van der Waals surface area contributed by atoms with E-state index < -0.39 is 0 Å². The van der Waals surface area contributed by atoms with Crippen LogP contribution in [-0.2, 0) is 9.53 Å². The van der Waals surface area contributed by atoms with Crippen LogP contribution >= 0.6 is 15.9 Å². The second kappa shape index (κ2) is 6.52. The third-order valence-electron chi connectivity index (χ3n) is 2.74. The number of pyridine rings is 1. The van der Waals surface area contributed by atoms with Crippen molar-refractivity contribution in [2.75, 3.05) is 13.7 Å². The predicted octanol–water partition coefficient (Wildman–Crippen LogP) is 3.33. The molecule has 100 valence electrons. The Hall–Kier alpha value is -1.62. The fourth-order valence-electron chi connectivity index (χ4n) is 1.75. The van der Waals surface area contributed by atoms with Crippen LogP contribution in [0, 0.1) is 0 Å². The summed E-state index contributed by atoms with van der Waals surface area (Å²) in [6.07, 6.45) is 4.51. The SMILES string of the molecule is COC(=O)CCCOc1ccc(Br)c2ccncc12. The molecule has 0 aliphatic rings. The molecule has 0 aliphatic carbocycles. The number of carbonyl (C=O) groups is 1. The van der Waals surface area contributed by atoms with Gasteiger partial charge < -0.3 is 9.47 Å². The number of ether oxygens (including phenoxy) is 2. The van der Waals surface area contributed by atoms with Crippen molar-refractivity contribution in [2.45, 2.75) is 12.8 Å². The fourth-order valence-corrected chi connectivity index (χ4v) is 2.23. The third kappa shape index (κ3) is 3.44. The summed E-state index contributed by atoms with van der Waals surface area (Å²) in [5, 5.41) is 2.01. The predicted molar refractivity (Wildman–Crippen MR) is 76.2 cm³/mol. The second-order valence-electron chi connectivity index (χ2n) is 3.99. The number of halogens is 1. The smallest absolute Gasteiger partial charge is 0.305 e. The molecule has 0 N–H and O–H groups in total. The topological polar surface area (TPSA) is 48.4 Å². The summed E-state index contributed by atoms with van der Waals surface area (Å²) in [5.74, 6) is 0.557. The standard InChI is InChI=1S/C14H14BrNO3/c1-18-14(17)3-2-8-19-13-5-4-12(15)10-6-7-16-9-11(10)13/h4-7,9H,2-3,8H2,1H3. The minimum absolute atomic E-state index is 0.217. The molecule has 1 aromatic heterocycles. The van der Waals surface area contributed by atoms with Crippen LogP contribution in [0.25, 0.3) is 10.8 Å². The molecule has 2 aromatic rings. The highest BCUT2D eigenvalue weighted by molar-refractivity contribution is 9.10. The van der Waals surface area contributed by atoms with Crippen LogP contribution in [0.2, 0.25) is 0 Å². The zero-order valence-corrected chi connectivity index (χ0v) is 12.1. The Morgan fingerprint density at radius 2 is 2.16 bits per heavy atom. The van der Waals surface area contributed by atoms with Gasteiger partial charge >= 0.3 is 5.97 Å². The summed E-state index contributed by atoms with van der Waals surface area (Å²) in [4.78, 5) is 15.1. The fraction of sp³-hybridized carbons (Fsp3) is 0.286. The van der Waals surface area contributed by atoms with Gasteiger partial charge in [-0.1, -0.05) is 15.9 Å². The molecule has 0 radical (unpaired) electrons. The van der Waals surface area contributed by atoms with Crippen molar-refractivity contribution in [3.05, 3.63) is 35.1 Å². The summed E-state index contributed by atoms with van der Waals surface area (Å²) in [6.45, 7) is 0.473. The number of fused-ring (bicyclic) bond motifs is 1. The largest absolute Gasteiger partial charge is 0.493 e. The van der Waals surface area contributed by atoms with Crippen molar-refractivity contribution in [1.29, 1.82) is 0 Å². The van der Waals surface area contributed by atoms with Crippen molar-refractivity contribution < 1.29 is 14.3 Å². The maximum absolute atomic E-state index is 11.0. The van der Waals surface area contributed by atoms with Crippen LogP contribution < -0.4 is 4.74 Å². The van der Waals surface area contributed by atoms with Gasteiger partial charge in [0.1, 0.15) is 5.75 Å². The Morgan fingerprint density at radius 3 is 2.95 bits per heavy atom. The maximum atomic E-state index is 11.0. The van der Waals surface area contributed by atoms with Crippen molar-refractivity contribution >= 4 is 32.7 Å². The number of methoxy groups -OCH3 is 1. The van der Waals surface area contributed by atoms with Crippen LogP contribution in [0.4, 0.5) is 0 Å². The number of esters is 1. The van der Waals surface area contributed by atoms with E-state index in [-0.39, 0.29) is 5.97 Å². The Bertz CT molecular complexity index is 586. The molecular formula is C14H14BrNO3. The Labute approximate surface area is 119 Å². The summed E-state index contributed by atoms with van der Waals surface area (Å²) >= 11 is 3.50. The van der Waals surface area contributed by atoms with Gasteiger partial charge in [-0.3, -0.25) is 9.78 Å². The van der Waals surface area contributed by atoms with E-state index in [1.807, 2.05) is 18.2 Å². The quantitative estimate of drug-likeness (QED) is 0.625. The highest BCUT2D eigenvalue weighted by atomic mass is 79.9. The van der Waals surface area contributed by atoms with Crippen LogP contribution in [0.1, 0.15) is 12.8 Å². The number of aromatic nitrogens is 1. The highest BCUT2D eigenvalue weighted by Gasteiger charge is 2.06. The number of benzene rings is 1. The van der Waals surface area contributed by atoms with Gasteiger partial charge in [-0.05, 0) is 24.6 Å². The second-order valence-corrected chi connectivity index (χ2v) is 4.85. The lowest BCUT2D eigenvalue weighted by Gasteiger charge is -2.09. The van der Waals surface area contributed by atoms with Crippen LogP contribution in [-0.4, -0.2) is 24.7 Å². The molecule has 0 atom stereocenters. The van der Waals surface area contributed by atoms with Crippen molar-refractivity contribution in [3.8, 4) is 5.75 Å². The number of carbonyl (C=O) groups excluding carboxylic acids is 1. The molecule has 1 heterocycles. The summed E-state index contributed by atoms with van der Waals surface area (Å²) < 4.78 is 11.3. The van der Waals surface area contributed by atoms with E-state index in [1.165, 1.54) is 7.11 Å². The molecule has 19 heavy (non-hydrogen) atoms. The van der Waals surface area contributed by atoms with Crippen molar-refractivity contribution in [2.24, 2.45) is 0 Å². The average molecular weight is 324 g/mol. The van der Waals surface area contributed by atoms with Crippen molar-refractivity contribution in [1.82, 2.24) is 4.98 Å². The number of nitrogens with zero attached hydrogens (tertiary/aromatic N) is 1. The molecule has 0 saturated heterocycles. The maximum Gasteiger partial charge on any atom is 0.305 e. The van der Waals surface area contributed by atoms with E-state index in [2.05, 4.69) is 25.7 Å². The van der Waals surface area contributed by atoms with Gasteiger partial charge in [0, 0.05) is 34.1 Å². The monoisotopic (exact) mass is 323 g/mol. The van der Waals surface area contributed by atoms with Gasteiger partial charge in [-0.15, -0.1) is 0 Å². The van der Waals surface area contributed by atoms with Gasteiger partial charge in [-0.25, -0.2) is 0 Å². The zero-order valence-electron chi connectivity index (χ0n) is 10.6. The lowest BCUT2D eigenvalue weighted by Crippen LogP contribution is -2.04. The van der Waals surface area contributed by atoms with Crippen molar-refractivity contribution in [3.63, 3.8) is 0 Å². The first kappa shape index (κ1) is 13.8. The van der Waals surface area contributed by atoms with Gasteiger partial charge in [0.2, 0.25) is 0 Å². The first-order valence-corrected chi connectivity index (χ1v) is 6.73. The van der Waals surface area contributed by atoms with Crippen LogP contribution in [0.15, 0.2) is 35.1 Å². The van der Waals surface area contributed by atoms with Crippen LogP contribution in [0.5, 0.6) is 5.75 Å². The van der Waals surface area contributed by atoms with E-state index in [0.717, 1.165) is 21.0 Å². The minimum atomic E-state index is -0.217. The van der Waals surface area contributed by atoms with E-state index >= 15 is 0 Å². The highest BCUT2D eigenvalue weighted by Crippen LogP contribution is 2.30. The van der Waals surface area contributed by atoms with Gasteiger partial charge in [0.25, 0.3) is 0 Å². The number of hydrogen-bond donors (Lipinski definition) is 0. The lowest BCUT2D eigenvalue weighted by atomic mass is 10.1. The minimum Gasteiger partial charge on any atom is -0.493 e. The summed E-state index contributed by atoms with van der Waals surface area (Å²) in [5.41, 5.74) is 0. The Kier molecular flexibility index (Phi) is 4.74. The first-order chi connectivity index (χ1) is 9.22. The zero-order chi connectivity index (χ0) is 13.7.